The van der Waals surface area contributed by atoms with E-state index in [0.29, 0.717) is 11.1 Å². The zero-order chi connectivity index (χ0) is 13.0. The SMILES string of the molecule is Cc1ccc(C#Cc2ccccc2)cc1[N+](=O)[O-]. The Hall–Kier alpha value is -2.60. The summed E-state index contributed by atoms with van der Waals surface area (Å²) in [4.78, 5) is 10.4. The van der Waals surface area contributed by atoms with E-state index in [4.69, 9.17) is 0 Å². The quantitative estimate of drug-likeness (QED) is 0.434. The van der Waals surface area contributed by atoms with Gasteiger partial charge in [-0.15, -0.1) is 0 Å². The molecule has 0 aliphatic carbocycles. The molecular weight excluding hydrogens is 226 g/mol. The topological polar surface area (TPSA) is 43.1 Å². The van der Waals surface area contributed by atoms with E-state index in [1.165, 1.54) is 6.07 Å². The molecule has 0 saturated carbocycles. The summed E-state index contributed by atoms with van der Waals surface area (Å²) in [5.41, 5.74) is 2.29. The minimum atomic E-state index is -0.386. The Labute approximate surface area is 105 Å². The fraction of sp³-hybridized carbons (Fsp3) is 0.0667. The van der Waals surface area contributed by atoms with Crippen molar-refractivity contribution >= 4 is 5.69 Å². The Balaban J connectivity index is 2.34. The van der Waals surface area contributed by atoms with Gasteiger partial charge in [0.25, 0.3) is 5.69 Å². The molecule has 0 heterocycles. The van der Waals surface area contributed by atoms with Gasteiger partial charge in [0, 0.05) is 22.8 Å². The summed E-state index contributed by atoms with van der Waals surface area (Å²) < 4.78 is 0. The molecule has 0 radical (unpaired) electrons. The second-order valence-electron chi connectivity index (χ2n) is 3.87. The van der Waals surface area contributed by atoms with Crippen LogP contribution in [0.25, 0.3) is 0 Å². The lowest BCUT2D eigenvalue weighted by Gasteiger charge is -1.96. The molecule has 0 spiro atoms. The summed E-state index contributed by atoms with van der Waals surface area (Å²) in [5, 5.41) is 10.8. The van der Waals surface area contributed by atoms with E-state index in [0.717, 1.165) is 5.56 Å². The molecular formula is C15H11NO2. The zero-order valence-electron chi connectivity index (χ0n) is 9.88. The second kappa shape index (κ2) is 5.15. The minimum Gasteiger partial charge on any atom is -0.258 e. The number of nitro groups is 1. The van der Waals surface area contributed by atoms with Crippen LogP contribution in [0.5, 0.6) is 0 Å². The molecule has 3 heteroatoms. The van der Waals surface area contributed by atoms with Gasteiger partial charge in [-0.3, -0.25) is 10.1 Å². The first-order valence-corrected chi connectivity index (χ1v) is 5.49. The molecule has 0 atom stereocenters. The average Bonchev–Trinajstić information content (AvgIpc) is 2.38. The maximum absolute atomic E-state index is 10.8. The van der Waals surface area contributed by atoms with Gasteiger partial charge in [-0.2, -0.15) is 0 Å². The van der Waals surface area contributed by atoms with Crippen molar-refractivity contribution in [3.05, 3.63) is 75.3 Å². The van der Waals surface area contributed by atoms with E-state index < -0.39 is 0 Å². The summed E-state index contributed by atoms with van der Waals surface area (Å²) in [7, 11) is 0. The second-order valence-corrected chi connectivity index (χ2v) is 3.87. The van der Waals surface area contributed by atoms with Crippen LogP contribution in [0.4, 0.5) is 5.69 Å². The first-order valence-electron chi connectivity index (χ1n) is 5.49. The van der Waals surface area contributed by atoms with E-state index in [1.54, 1.807) is 19.1 Å². The Bertz CT molecular complexity index is 637. The molecule has 0 unspecified atom stereocenters. The van der Waals surface area contributed by atoms with Crippen molar-refractivity contribution in [1.29, 1.82) is 0 Å². The summed E-state index contributed by atoms with van der Waals surface area (Å²) in [6, 6.07) is 14.5. The highest BCUT2D eigenvalue weighted by Gasteiger charge is 2.09. The molecule has 2 rings (SSSR count). The van der Waals surface area contributed by atoms with E-state index in [1.807, 2.05) is 30.3 Å². The van der Waals surface area contributed by atoms with E-state index >= 15 is 0 Å². The molecule has 88 valence electrons. The third kappa shape index (κ3) is 2.74. The first kappa shape index (κ1) is 11.9. The maximum atomic E-state index is 10.8. The van der Waals surface area contributed by atoms with Crippen LogP contribution in [0.1, 0.15) is 16.7 Å². The Morgan fingerprint density at radius 3 is 2.33 bits per heavy atom. The van der Waals surface area contributed by atoms with Gasteiger partial charge in [-0.05, 0) is 25.1 Å². The summed E-state index contributed by atoms with van der Waals surface area (Å²) in [6.45, 7) is 1.71. The van der Waals surface area contributed by atoms with Crippen LogP contribution < -0.4 is 0 Å². The standard InChI is InChI=1S/C15H11NO2/c1-12-7-8-14(11-15(12)16(17)18)10-9-13-5-3-2-4-6-13/h2-8,11H,1H3. The average molecular weight is 237 g/mol. The van der Waals surface area contributed by atoms with Crippen molar-refractivity contribution in [1.82, 2.24) is 0 Å². The number of nitro benzene ring substituents is 1. The van der Waals surface area contributed by atoms with Gasteiger partial charge < -0.3 is 0 Å². The molecule has 0 aliphatic heterocycles. The van der Waals surface area contributed by atoms with E-state index in [9.17, 15) is 10.1 Å². The van der Waals surface area contributed by atoms with Crippen molar-refractivity contribution in [2.24, 2.45) is 0 Å². The van der Waals surface area contributed by atoms with Gasteiger partial charge in [0.15, 0.2) is 0 Å². The van der Waals surface area contributed by atoms with Crippen molar-refractivity contribution in [3.63, 3.8) is 0 Å². The molecule has 0 aliphatic rings. The normalized spacial score (nSPS) is 9.39. The molecule has 2 aromatic carbocycles. The van der Waals surface area contributed by atoms with Crippen molar-refractivity contribution < 1.29 is 4.92 Å². The third-order valence-electron chi connectivity index (χ3n) is 2.53. The monoisotopic (exact) mass is 237 g/mol. The summed E-state index contributed by atoms with van der Waals surface area (Å²) >= 11 is 0. The largest absolute Gasteiger partial charge is 0.273 e. The lowest BCUT2D eigenvalue weighted by Crippen LogP contribution is -1.92. The molecule has 0 N–H and O–H groups in total. The molecule has 0 fully saturated rings. The molecule has 0 aromatic heterocycles. The zero-order valence-corrected chi connectivity index (χ0v) is 9.88. The molecule has 0 amide bonds. The maximum Gasteiger partial charge on any atom is 0.273 e. The van der Waals surface area contributed by atoms with Crippen LogP contribution in [0.2, 0.25) is 0 Å². The van der Waals surface area contributed by atoms with E-state index in [2.05, 4.69) is 11.8 Å². The van der Waals surface area contributed by atoms with Gasteiger partial charge >= 0.3 is 0 Å². The van der Waals surface area contributed by atoms with Gasteiger partial charge in [0.1, 0.15) is 0 Å². The number of aryl methyl sites for hydroxylation is 1. The Kier molecular flexibility index (Phi) is 3.40. The van der Waals surface area contributed by atoms with Crippen molar-refractivity contribution in [2.75, 3.05) is 0 Å². The van der Waals surface area contributed by atoms with Crippen LogP contribution in [0.15, 0.2) is 48.5 Å². The van der Waals surface area contributed by atoms with Crippen LogP contribution in [0, 0.1) is 28.9 Å². The molecule has 2 aromatic rings. The number of hydrogen-bond acceptors (Lipinski definition) is 2. The van der Waals surface area contributed by atoms with Crippen LogP contribution in [0.3, 0.4) is 0 Å². The minimum absolute atomic E-state index is 0.106. The number of rotatable bonds is 1. The predicted octanol–water partition coefficient (Wildman–Crippen LogP) is 3.30. The lowest BCUT2D eigenvalue weighted by molar-refractivity contribution is -0.385. The summed E-state index contributed by atoms with van der Waals surface area (Å²) in [5.74, 6) is 5.90. The highest BCUT2D eigenvalue weighted by atomic mass is 16.6. The van der Waals surface area contributed by atoms with E-state index in [-0.39, 0.29) is 10.6 Å². The third-order valence-corrected chi connectivity index (χ3v) is 2.53. The Morgan fingerprint density at radius 1 is 1.00 bits per heavy atom. The summed E-state index contributed by atoms with van der Waals surface area (Å²) in [6.07, 6.45) is 0. The predicted molar refractivity (Wildman–Crippen MR) is 70.3 cm³/mol. The number of nitrogens with zero attached hydrogens (tertiary/aromatic N) is 1. The smallest absolute Gasteiger partial charge is 0.258 e. The van der Waals surface area contributed by atoms with Crippen LogP contribution in [-0.4, -0.2) is 4.92 Å². The molecule has 18 heavy (non-hydrogen) atoms. The van der Waals surface area contributed by atoms with Crippen molar-refractivity contribution in [3.8, 4) is 11.8 Å². The molecule has 0 saturated heterocycles. The van der Waals surface area contributed by atoms with Gasteiger partial charge in [-0.25, -0.2) is 0 Å². The first-order chi connectivity index (χ1) is 8.66. The van der Waals surface area contributed by atoms with Crippen LogP contribution in [-0.2, 0) is 0 Å². The highest BCUT2D eigenvalue weighted by Crippen LogP contribution is 2.18. The Morgan fingerprint density at radius 2 is 1.67 bits per heavy atom. The highest BCUT2D eigenvalue weighted by molar-refractivity contribution is 5.50. The van der Waals surface area contributed by atoms with Gasteiger partial charge in [0.05, 0.1) is 4.92 Å². The van der Waals surface area contributed by atoms with Crippen molar-refractivity contribution in [2.45, 2.75) is 6.92 Å². The van der Waals surface area contributed by atoms with Gasteiger partial charge in [-0.1, -0.05) is 36.1 Å². The van der Waals surface area contributed by atoms with Gasteiger partial charge in [0.2, 0.25) is 0 Å². The fourth-order valence-corrected chi connectivity index (χ4v) is 1.55. The molecule has 3 nitrogen and oxygen atoms in total. The fourth-order valence-electron chi connectivity index (χ4n) is 1.55. The van der Waals surface area contributed by atoms with Crippen LogP contribution >= 0.6 is 0 Å². The number of hydrogen-bond donors (Lipinski definition) is 0. The molecule has 0 bridgehead atoms. The number of benzene rings is 2. The lowest BCUT2D eigenvalue weighted by atomic mass is 10.1.